The molecule has 0 amide bonds. The highest BCUT2D eigenvalue weighted by atomic mass is 32.2. The second-order valence-electron chi connectivity index (χ2n) is 5.87. The van der Waals surface area contributed by atoms with E-state index in [1.54, 1.807) is 0 Å². The van der Waals surface area contributed by atoms with E-state index in [1.165, 1.54) is 18.2 Å². The Bertz CT molecular complexity index is 566. The molecule has 1 saturated carbocycles. The Hall–Kier alpha value is -0.940. The van der Waals surface area contributed by atoms with Crippen molar-refractivity contribution in [2.24, 2.45) is 5.41 Å². The predicted octanol–water partition coefficient (Wildman–Crippen LogP) is 2.54. The topological polar surface area (TPSA) is 54.4 Å². The molecule has 0 heterocycles. The van der Waals surface area contributed by atoms with Gasteiger partial charge in [0.25, 0.3) is 0 Å². The lowest BCUT2D eigenvalue weighted by atomic mass is 9.75. The van der Waals surface area contributed by atoms with Crippen molar-refractivity contribution in [1.82, 2.24) is 0 Å². The summed E-state index contributed by atoms with van der Waals surface area (Å²) < 4.78 is 38.2. The SMILES string of the molecule is CC1(C)CCCC(S(=O)(=O)c2cccc(F)c2)C1O. The minimum absolute atomic E-state index is 0.0470. The van der Waals surface area contributed by atoms with Crippen molar-refractivity contribution in [1.29, 1.82) is 0 Å². The first-order chi connectivity index (χ1) is 8.75. The monoisotopic (exact) mass is 286 g/mol. The van der Waals surface area contributed by atoms with Gasteiger partial charge in [-0.3, -0.25) is 0 Å². The van der Waals surface area contributed by atoms with Crippen molar-refractivity contribution in [2.75, 3.05) is 0 Å². The van der Waals surface area contributed by atoms with Crippen LogP contribution < -0.4 is 0 Å². The van der Waals surface area contributed by atoms with Gasteiger partial charge in [-0.15, -0.1) is 0 Å². The molecule has 2 rings (SSSR count). The van der Waals surface area contributed by atoms with Gasteiger partial charge in [-0.05, 0) is 36.5 Å². The molecule has 0 spiro atoms. The van der Waals surface area contributed by atoms with E-state index in [0.717, 1.165) is 18.9 Å². The summed E-state index contributed by atoms with van der Waals surface area (Å²) in [6.45, 7) is 3.73. The number of hydrogen-bond donors (Lipinski definition) is 1. The van der Waals surface area contributed by atoms with Crippen LogP contribution in [0, 0.1) is 11.2 Å². The van der Waals surface area contributed by atoms with Crippen LogP contribution in [0.4, 0.5) is 4.39 Å². The molecule has 106 valence electrons. The predicted molar refractivity (Wildman–Crippen MR) is 71.0 cm³/mol. The molecule has 19 heavy (non-hydrogen) atoms. The summed E-state index contributed by atoms with van der Waals surface area (Å²) in [7, 11) is -3.69. The Kier molecular flexibility index (Phi) is 3.71. The van der Waals surface area contributed by atoms with E-state index >= 15 is 0 Å². The molecule has 1 aromatic carbocycles. The van der Waals surface area contributed by atoms with Crippen LogP contribution in [-0.2, 0) is 9.84 Å². The van der Waals surface area contributed by atoms with Crippen molar-refractivity contribution in [3.63, 3.8) is 0 Å². The van der Waals surface area contributed by atoms with Gasteiger partial charge < -0.3 is 5.11 Å². The molecule has 2 unspecified atom stereocenters. The average Bonchev–Trinajstić information content (AvgIpc) is 2.32. The van der Waals surface area contributed by atoms with E-state index in [1.807, 2.05) is 13.8 Å². The first-order valence-electron chi connectivity index (χ1n) is 6.43. The molecular formula is C14H19FO3S. The van der Waals surface area contributed by atoms with Crippen LogP contribution in [0.5, 0.6) is 0 Å². The van der Waals surface area contributed by atoms with Crippen molar-refractivity contribution in [2.45, 2.75) is 49.4 Å². The molecule has 1 fully saturated rings. The maximum absolute atomic E-state index is 13.2. The molecule has 1 aromatic rings. The maximum atomic E-state index is 13.2. The van der Waals surface area contributed by atoms with Crippen LogP contribution in [0.15, 0.2) is 29.2 Å². The van der Waals surface area contributed by atoms with Crippen LogP contribution >= 0.6 is 0 Å². The zero-order chi connectivity index (χ0) is 14.3. The van der Waals surface area contributed by atoms with Gasteiger partial charge >= 0.3 is 0 Å². The average molecular weight is 286 g/mol. The van der Waals surface area contributed by atoms with Gasteiger partial charge in [-0.1, -0.05) is 26.3 Å². The third-order valence-electron chi connectivity index (χ3n) is 3.99. The van der Waals surface area contributed by atoms with Crippen molar-refractivity contribution in [3.05, 3.63) is 30.1 Å². The van der Waals surface area contributed by atoms with Crippen LogP contribution in [0.25, 0.3) is 0 Å². The molecular weight excluding hydrogens is 267 g/mol. The van der Waals surface area contributed by atoms with Crippen LogP contribution in [-0.4, -0.2) is 24.9 Å². The fourth-order valence-electron chi connectivity index (χ4n) is 2.71. The molecule has 1 aliphatic carbocycles. The summed E-state index contributed by atoms with van der Waals surface area (Å²) in [5, 5.41) is 9.44. The van der Waals surface area contributed by atoms with Crippen molar-refractivity contribution >= 4 is 9.84 Å². The van der Waals surface area contributed by atoms with Crippen LogP contribution in [0.2, 0.25) is 0 Å². The Labute approximate surface area is 113 Å². The lowest BCUT2D eigenvalue weighted by Gasteiger charge is -2.40. The van der Waals surface area contributed by atoms with Crippen molar-refractivity contribution in [3.8, 4) is 0 Å². The number of hydrogen-bond acceptors (Lipinski definition) is 3. The number of halogens is 1. The number of benzene rings is 1. The van der Waals surface area contributed by atoms with Gasteiger partial charge in [0, 0.05) is 0 Å². The summed E-state index contributed by atoms with van der Waals surface area (Å²) in [6.07, 6.45) is 1.05. The first-order valence-corrected chi connectivity index (χ1v) is 7.97. The van der Waals surface area contributed by atoms with E-state index < -0.39 is 32.4 Å². The van der Waals surface area contributed by atoms with E-state index in [9.17, 15) is 17.9 Å². The molecule has 0 aromatic heterocycles. The first kappa shape index (κ1) is 14.5. The normalized spacial score (nSPS) is 27.2. The number of aliphatic hydroxyl groups excluding tert-OH is 1. The Morgan fingerprint density at radius 2 is 2.05 bits per heavy atom. The lowest BCUT2D eigenvalue weighted by Crippen LogP contribution is -2.47. The fourth-order valence-corrected chi connectivity index (χ4v) is 4.79. The standard InChI is InChI=1S/C14H19FO3S/c1-14(2)8-4-7-12(13(14)16)19(17,18)11-6-3-5-10(15)9-11/h3,5-6,9,12-13,16H,4,7-8H2,1-2H3. The second kappa shape index (κ2) is 4.87. The minimum atomic E-state index is -3.69. The highest BCUT2D eigenvalue weighted by Crippen LogP contribution is 2.40. The van der Waals surface area contributed by atoms with E-state index in [4.69, 9.17) is 0 Å². The number of rotatable bonds is 2. The van der Waals surface area contributed by atoms with Gasteiger partial charge in [0.05, 0.1) is 16.2 Å². The molecule has 2 atom stereocenters. The van der Waals surface area contributed by atoms with E-state index in [0.29, 0.717) is 6.42 Å². The molecule has 0 saturated heterocycles. The number of aliphatic hydroxyl groups is 1. The van der Waals surface area contributed by atoms with Gasteiger partial charge in [0.2, 0.25) is 0 Å². The Balaban J connectivity index is 2.40. The molecule has 1 aliphatic rings. The van der Waals surface area contributed by atoms with Gasteiger partial charge in [0.15, 0.2) is 9.84 Å². The fraction of sp³-hybridized carbons (Fsp3) is 0.571. The van der Waals surface area contributed by atoms with E-state index in [2.05, 4.69) is 0 Å². The largest absolute Gasteiger partial charge is 0.391 e. The summed E-state index contributed by atoms with van der Waals surface area (Å²) >= 11 is 0. The quantitative estimate of drug-likeness (QED) is 0.909. The smallest absolute Gasteiger partial charge is 0.183 e. The van der Waals surface area contributed by atoms with E-state index in [-0.39, 0.29) is 4.90 Å². The Morgan fingerprint density at radius 1 is 1.37 bits per heavy atom. The third kappa shape index (κ3) is 2.67. The van der Waals surface area contributed by atoms with Gasteiger partial charge in [0.1, 0.15) is 5.82 Å². The maximum Gasteiger partial charge on any atom is 0.183 e. The third-order valence-corrected chi connectivity index (χ3v) is 6.19. The summed E-state index contributed by atoms with van der Waals surface area (Å²) in [4.78, 5) is -0.0470. The molecule has 3 nitrogen and oxygen atoms in total. The molecule has 0 radical (unpaired) electrons. The summed E-state index contributed by atoms with van der Waals surface area (Å²) in [6, 6.07) is 4.99. The van der Waals surface area contributed by atoms with Crippen molar-refractivity contribution < 1.29 is 17.9 Å². The summed E-state index contributed by atoms with van der Waals surface area (Å²) in [5.74, 6) is -0.578. The molecule has 0 bridgehead atoms. The highest BCUT2D eigenvalue weighted by Gasteiger charge is 2.44. The molecule has 5 heteroatoms. The Morgan fingerprint density at radius 3 is 2.68 bits per heavy atom. The zero-order valence-electron chi connectivity index (χ0n) is 11.1. The lowest BCUT2D eigenvalue weighted by molar-refractivity contribution is 0.0167. The van der Waals surface area contributed by atoms with Gasteiger partial charge in [-0.2, -0.15) is 0 Å². The second-order valence-corrected chi connectivity index (χ2v) is 8.03. The van der Waals surface area contributed by atoms with Gasteiger partial charge in [-0.25, -0.2) is 12.8 Å². The van der Waals surface area contributed by atoms with Crippen LogP contribution in [0.1, 0.15) is 33.1 Å². The number of sulfone groups is 1. The minimum Gasteiger partial charge on any atom is -0.391 e. The highest BCUT2D eigenvalue weighted by molar-refractivity contribution is 7.92. The molecule has 0 aliphatic heterocycles. The molecule has 1 N–H and O–H groups in total. The van der Waals surface area contributed by atoms with Crippen LogP contribution in [0.3, 0.4) is 0 Å². The summed E-state index contributed by atoms with van der Waals surface area (Å²) in [5.41, 5.74) is -0.427. The zero-order valence-corrected chi connectivity index (χ0v) is 12.0.